The van der Waals surface area contributed by atoms with Crippen molar-refractivity contribution in [2.45, 2.75) is 12.8 Å². The molecule has 0 unspecified atom stereocenters. The molecular formula is C13H10O2. The average Bonchev–Trinajstić information content (AvgIpc) is 2.59. The van der Waals surface area contributed by atoms with E-state index in [0.717, 1.165) is 5.56 Å². The first-order chi connectivity index (χ1) is 7.27. The molecule has 0 aromatic heterocycles. The van der Waals surface area contributed by atoms with Crippen LogP contribution in [0.1, 0.15) is 18.4 Å². The van der Waals surface area contributed by atoms with E-state index in [1.54, 1.807) is 0 Å². The van der Waals surface area contributed by atoms with E-state index < -0.39 is 0 Å². The van der Waals surface area contributed by atoms with Gasteiger partial charge in [-0.05, 0) is 18.6 Å². The maximum Gasteiger partial charge on any atom is 0.198 e. The molecule has 1 aromatic rings. The highest BCUT2D eigenvalue weighted by Gasteiger charge is 2.20. The number of aliphatic hydroxyl groups excluding tert-OH is 1. The standard InChI is InChI=1S/C13H10O2/c14-12-9-8-11(13(12)15)7-6-10-4-2-1-3-5-10/h1-5,15H,8-9H2. The van der Waals surface area contributed by atoms with Crippen LogP contribution in [0.25, 0.3) is 0 Å². The molecule has 0 saturated heterocycles. The van der Waals surface area contributed by atoms with E-state index in [2.05, 4.69) is 11.8 Å². The predicted octanol–water partition coefficient (Wildman–Crippen LogP) is 2.21. The summed E-state index contributed by atoms with van der Waals surface area (Å²) in [5.41, 5.74) is 1.45. The molecule has 74 valence electrons. The van der Waals surface area contributed by atoms with Crippen LogP contribution in [0.2, 0.25) is 0 Å². The summed E-state index contributed by atoms with van der Waals surface area (Å²) in [6.45, 7) is 0. The molecule has 0 heterocycles. The summed E-state index contributed by atoms with van der Waals surface area (Å²) < 4.78 is 0. The lowest BCUT2D eigenvalue weighted by Crippen LogP contribution is -1.93. The minimum absolute atomic E-state index is 0.154. The van der Waals surface area contributed by atoms with E-state index in [0.29, 0.717) is 18.4 Å². The van der Waals surface area contributed by atoms with Crippen molar-refractivity contribution in [1.82, 2.24) is 0 Å². The SMILES string of the molecule is O=C1CCC(C#Cc2ccccc2)=C1O. The van der Waals surface area contributed by atoms with E-state index >= 15 is 0 Å². The van der Waals surface area contributed by atoms with Crippen molar-refractivity contribution >= 4 is 5.78 Å². The molecule has 0 saturated carbocycles. The third-order valence-electron chi connectivity index (χ3n) is 2.28. The van der Waals surface area contributed by atoms with Crippen molar-refractivity contribution in [3.63, 3.8) is 0 Å². The summed E-state index contributed by atoms with van der Waals surface area (Å²) in [5, 5.41) is 9.36. The lowest BCUT2D eigenvalue weighted by Gasteiger charge is -1.89. The van der Waals surface area contributed by atoms with Crippen LogP contribution >= 0.6 is 0 Å². The quantitative estimate of drug-likeness (QED) is 0.649. The molecule has 0 radical (unpaired) electrons. The van der Waals surface area contributed by atoms with Crippen LogP contribution in [0.4, 0.5) is 0 Å². The number of hydrogen-bond donors (Lipinski definition) is 1. The van der Waals surface area contributed by atoms with Gasteiger partial charge < -0.3 is 5.11 Å². The number of Topliss-reactive ketones (excluding diaryl/α,β-unsaturated/α-hetero) is 1. The van der Waals surface area contributed by atoms with Gasteiger partial charge in [-0.1, -0.05) is 30.0 Å². The van der Waals surface area contributed by atoms with Gasteiger partial charge in [-0.2, -0.15) is 0 Å². The fourth-order valence-corrected chi connectivity index (χ4v) is 1.43. The van der Waals surface area contributed by atoms with Gasteiger partial charge in [0.25, 0.3) is 0 Å². The summed E-state index contributed by atoms with van der Waals surface area (Å²) in [6.07, 6.45) is 0.940. The Morgan fingerprint density at radius 1 is 1.07 bits per heavy atom. The summed E-state index contributed by atoms with van der Waals surface area (Å²) >= 11 is 0. The fraction of sp³-hybridized carbons (Fsp3) is 0.154. The molecule has 15 heavy (non-hydrogen) atoms. The van der Waals surface area contributed by atoms with Crippen LogP contribution < -0.4 is 0 Å². The second kappa shape index (κ2) is 4.02. The number of carbonyl (C=O) groups excluding carboxylic acids is 1. The molecule has 1 N–H and O–H groups in total. The van der Waals surface area contributed by atoms with Gasteiger partial charge in [-0.25, -0.2) is 0 Å². The minimum atomic E-state index is -0.202. The van der Waals surface area contributed by atoms with Crippen LogP contribution in [0.5, 0.6) is 0 Å². The molecule has 0 fully saturated rings. The molecule has 0 atom stereocenters. The fourth-order valence-electron chi connectivity index (χ4n) is 1.43. The van der Waals surface area contributed by atoms with E-state index in [1.165, 1.54) is 0 Å². The van der Waals surface area contributed by atoms with Crippen LogP contribution in [-0.2, 0) is 4.79 Å². The zero-order valence-electron chi connectivity index (χ0n) is 8.16. The Bertz CT molecular complexity index is 472. The second-order valence-electron chi connectivity index (χ2n) is 3.37. The molecule has 1 aromatic carbocycles. The molecule has 1 aliphatic rings. The maximum atomic E-state index is 11.0. The molecule has 0 spiro atoms. The summed E-state index contributed by atoms with van der Waals surface area (Å²) in [7, 11) is 0. The molecular weight excluding hydrogens is 188 g/mol. The van der Waals surface area contributed by atoms with Gasteiger partial charge in [0, 0.05) is 17.6 Å². The van der Waals surface area contributed by atoms with Crippen molar-refractivity contribution in [2.75, 3.05) is 0 Å². The number of carbonyl (C=O) groups is 1. The Morgan fingerprint density at radius 2 is 1.80 bits per heavy atom. The highest BCUT2D eigenvalue weighted by atomic mass is 16.3. The number of allylic oxidation sites excluding steroid dienone is 2. The zero-order valence-corrected chi connectivity index (χ0v) is 8.16. The van der Waals surface area contributed by atoms with Gasteiger partial charge >= 0.3 is 0 Å². The first kappa shape index (κ1) is 9.54. The molecule has 0 bridgehead atoms. The number of ketones is 1. The highest BCUT2D eigenvalue weighted by Crippen LogP contribution is 2.19. The van der Waals surface area contributed by atoms with Crippen LogP contribution in [0.3, 0.4) is 0 Å². The number of aliphatic hydroxyl groups is 1. The molecule has 0 aliphatic heterocycles. The van der Waals surface area contributed by atoms with Crippen LogP contribution in [0.15, 0.2) is 41.7 Å². The monoisotopic (exact) mass is 198 g/mol. The van der Waals surface area contributed by atoms with Crippen molar-refractivity contribution < 1.29 is 9.90 Å². The normalized spacial score (nSPS) is 15.1. The number of hydrogen-bond acceptors (Lipinski definition) is 2. The lowest BCUT2D eigenvalue weighted by atomic mass is 10.2. The number of benzene rings is 1. The van der Waals surface area contributed by atoms with Gasteiger partial charge in [0.05, 0.1) is 0 Å². The molecule has 1 aliphatic carbocycles. The van der Waals surface area contributed by atoms with E-state index in [-0.39, 0.29) is 11.5 Å². The summed E-state index contributed by atoms with van der Waals surface area (Å²) in [6, 6.07) is 9.50. The van der Waals surface area contributed by atoms with E-state index in [4.69, 9.17) is 0 Å². The van der Waals surface area contributed by atoms with Crippen molar-refractivity contribution in [2.24, 2.45) is 0 Å². The largest absolute Gasteiger partial charge is 0.504 e. The van der Waals surface area contributed by atoms with E-state index in [9.17, 15) is 9.90 Å². The third kappa shape index (κ3) is 2.08. The smallest absolute Gasteiger partial charge is 0.198 e. The third-order valence-corrected chi connectivity index (χ3v) is 2.28. The Morgan fingerprint density at radius 3 is 2.40 bits per heavy atom. The minimum Gasteiger partial charge on any atom is -0.504 e. The second-order valence-corrected chi connectivity index (χ2v) is 3.37. The Hall–Kier alpha value is -2.01. The maximum absolute atomic E-state index is 11.0. The van der Waals surface area contributed by atoms with Crippen LogP contribution in [-0.4, -0.2) is 10.9 Å². The molecule has 0 amide bonds. The zero-order chi connectivity index (χ0) is 10.7. The van der Waals surface area contributed by atoms with E-state index in [1.807, 2.05) is 30.3 Å². The van der Waals surface area contributed by atoms with Crippen LogP contribution in [0, 0.1) is 11.8 Å². The Labute approximate surface area is 88.2 Å². The van der Waals surface area contributed by atoms with Gasteiger partial charge in [0.2, 0.25) is 0 Å². The summed E-state index contributed by atoms with van der Waals surface area (Å²) in [4.78, 5) is 11.0. The lowest BCUT2D eigenvalue weighted by molar-refractivity contribution is -0.117. The van der Waals surface area contributed by atoms with Crippen molar-refractivity contribution in [3.05, 3.63) is 47.2 Å². The Balaban J connectivity index is 2.24. The first-order valence-electron chi connectivity index (χ1n) is 4.80. The Kier molecular flexibility index (Phi) is 2.55. The topological polar surface area (TPSA) is 37.3 Å². The average molecular weight is 198 g/mol. The van der Waals surface area contributed by atoms with Crippen molar-refractivity contribution in [1.29, 1.82) is 0 Å². The van der Waals surface area contributed by atoms with Gasteiger partial charge in [0.1, 0.15) is 0 Å². The van der Waals surface area contributed by atoms with Gasteiger partial charge in [-0.3, -0.25) is 4.79 Å². The van der Waals surface area contributed by atoms with Gasteiger partial charge in [-0.15, -0.1) is 0 Å². The molecule has 2 heteroatoms. The molecule has 2 nitrogen and oxygen atoms in total. The summed E-state index contributed by atoms with van der Waals surface area (Å²) in [5.74, 6) is 5.40. The number of rotatable bonds is 0. The van der Waals surface area contributed by atoms with Gasteiger partial charge in [0.15, 0.2) is 11.5 Å². The predicted molar refractivity (Wildman–Crippen MR) is 57.2 cm³/mol. The van der Waals surface area contributed by atoms with Crippen molar-refractivity contribution in [3.8, 4) is 11.8 Å². The molecule has 2 rings (SSSR count). The highest BCUT2D eigenvalue weighted by molar-refractivity contribution is 5.97. The first-order valence-corrected chi connectivity index (χ1v) is 4.80.